The minimum atomic E-state index is -3.38. The van der Waals surface area contributed by atoms with E-state index < -0.39 is 10.0 Å². The lowest BCUT2D eigenvalue weighted by Crippen LogP contribution is -2.27. The molecular weight excluding hydrogens is 392 g/mol. The fourth-order valence-corrected chi connectivity index (χ4v) is 3.59. The van der Waals surface area contributed by atoms with Gasteiger partial charge in [0.1, 0.15) is 0 Å². The van der Waals surface area contributed by atoms with E-state index in [4.69, 9.17) is 4.52 Å². The van der Waals surface area contributed by atoms with Crippen LogP contribution in [0, 0.1) is 6.92 Å². The number of benzene rings is 1. The third kappa shape index (κ3) is 4.73. The van der Waals surface area contributed by atoms with E-state index in [2.05, 4.69) is 20.2 Å². The van der Waals surface area contributed by atoms with Crippen molar-refractivity contribution < 1.29 is 17.7 Å². The second-order valence-corrected chi connectivity index (χ2v) is 9.14. The van der Waals surface area contributed by atoms with Crippen LogP contribution in [0.25, 0.3) is 11.1 Å². The van der Waals surface area contributed by atoms with E-state index >= 15 is 0 Å². The Bertz CT molecular complexity index is 1170. The average molecular weight is 417 g/mol. The maximum Gasteiger partial charge on any atom is 0.259 e. The number of nitrogens with zero attached hydrogens (tertiary/aromatic N) is 2. The number of aryl methyl sites for hydroxylation is 1. The van der Waals surface area contributed by atoms with Crippen LogP contribution in [0.15, 0.2) is 34.9 Å². The second-order valence-electron chi connectivity index (χ2n) is 7.39. The SMILES string of the molecule is Cc1noc2nc(C(C)C)cc(C(=O)NC(C)c3cccc(NS(C)(=O)=O)c3)c12. The molecule has 2 aromatic heterocycles. The molecule has 0 radical (unpaired) electrons. The van der Waals surface area contributed by atoms with Gasteiger partial charge >= 0.3 is 0 Å². The number of nitrogens with one attached hydrogen (secondary N) is 2. The topological polar surface area (TPSA) is 114 Å². The summed E-state index contributed by atoms with van der Waals surface area (Å²) in [5.41, 5.74) is 3.34. The molecule has 1 aromatic carbocycles. The first-order valence-corrected chi connectivity index (χ1v) is 11.1. The van der Waals surface area contributed by atoms with Crippen molar-refractivity contribution in [3.05, 3.63) is 52.8 Å². The number of rotatable bonds is 6. The van der Waals surface area contributed by atoms with Crippen LogP contribution in [0.4, 0.5) is 5.69 Å². The predicted molar refractivity (Wildman–Crippen MR) is 111 cm³/mol. The van der Waals surface area contributed by atoms with Gasteiger partial charge in [0, 0.05) is 11.4 Å². The minimum absolute atomic E-state index is 0.118. The fraction of sp³-hybridized carbons (Fsp3) is 0.350. The number of carbonyl (C=O) groups excluding carboxylic acids is 1. The van der Waals surface area contributed by atoms with E-state index in [1.54, 1.807) is 31.2 Å². The third-order valence-corrected chi connectivity index (χ3v) is 5.12. The summed E-state index contributed by atoms with van der Waals surface area (Å²) in [5.74, 6) is -0.160. The van der Waals surface area contributed by atoms with E-state index in [0.717, 1.165) is 17.5 Å². The quantitative estimate of drug-likeness (QED) is 0.635. The van der Waals surface area contributed by atoms with E-state index in [1.807, 2.05) is 26.8 Å². The molecule has 0 aliphatic rings. The monoisotopic (exact) mass is 416 g/mol. The zero-order valence-corrected chi connectivity index (χ0v) is 17.8. The molecule has 0 spiro atoms. The Kier molecular flexibility index (Phi) is 5.61. The molecule has 1 amide bonds. The smallest absolute Gasteiger partial charge is 0.259 e. The van der Waals surface area contributed by atoms with Crippen molar-refractivity contribution in [1.82, 2.24) is 15.5 Å². The zero-order valence-electron chi connectivity index (χ0n) is 17.0. The molecule has 2 heterocycles. The van der Waals surface area contributed by atoms with Crippen LogP contribution in [0.3, 0.4) is 0 Å². The summed E-state index contributed by atoms with van der Waals surface area (Å²) in [4.78, 5) is 17.5. The van der Waals surface area contributed by atoms with Gasteiger partial charge in [-0.15, -0.1) is 0 Å². The summed E-state index contributed by atoms with van der Waals surface area (Å²) in [6.45, 7) is 7.58. The van der Waals surface area contributed by atoms with Gasteiger partial charge in [-0.1, -0.05) is 31.1 Å². The fourth-order valence-electron chi connectivity index (χ4n) is 3.03. The van der Waals surface area contributed by atoms with Gasteiger partial charge in [0.15, 0.2) is 0 Å². The number of hydrogen-bond donors (Lipinski definition) is 2. The maximum atomic E-state index is 13.1. The Morgan fingerprint density at radius 1 is 1.17 bits per heavy atom. The number of sulfonamides is 1. The van der Waals surface area contributed by atoms with E-state index in [9.17, 15) is 13.2 Å². The van der Waals surface area contributed by atoms with Gasteiger partial charge in [0.2, 0.25) is 10.0 Å². The highest BCUT2D eigenvalue weighted by molar-refractivity contribution is 7.92. The summed E-state index contributed by atoms with van der Waals surface area (Å²) in [6.07, 6.45) is 1.09. The van der Waals surface area contributed by atoms with Crippen molar-refractivity contribution in [1.29, 1.82) is 0 Å². The Morgan fingerprint density at radius 2 is 1.90 bits per heavy atom. The molecule has 0 aliphatic carbocycles. The van der Waals surface area contributed by atoms with Gasteiger partial charge in [0.25, 0.3) is 11.6 Å². The molecule has 2 N–H and O–H groups in total. The highest BCUT2D eigenvalue weighted by Gasteiger charge is 2.21. The van der Waals surface area contributed by atoms with Gasteiger partial charge in [-0.2, -0.15) is 0 Å². The summed E-state index contributed by atoms with van der Waals surface area (Å²) < 4.78 is 30.6. The summed E-state index contributed by atoms with van der Waals surface area (Å²) in [6, 6.07) is 8.32. The van der Waals surface area contributed by atoms with Gasteiger partial charge in [-0.3, -0.25) is 9.52 Å². The van der Waals surface area contributed by atoms with Crippen LogP contribution < -0.4 is 10.0 Å². The molecule has 154 valence electrons. The Balaban J connectivity index is 1.91. The molecule has 9 heteroatoms. The molecule has 8 nitrogen and oxygen atoms in total. The largest absolute Gasteiger partial charge is 0.345 e. The molecule has 1 atom stereocenters. The first-order valence-electron chi connectivity index (χ1n) is 9.20. The molecule has 1 unspecified atom stereocenters. The van der Waals surface area contributed by atoms with Crippen LogP contribution in [0.5, 0.6) is 0 Å². The number of carbonyl (C=O) groups is 1. The number of hydrogen-bond acceptors (Lipinski definition) is 6. The highest BCUT2D eigenvalue weighted by atomic mass is 32.2. The number of fused-ring (bicyclic) bond motifs is 1. The first-order chi connectivity index (χ1) is 13.5. The molecule has 0 fully saturated rings. The number of amides is 1. The lowest BCUT2D eigenvalue weighted by atomic mass is 10.0. The zero-order chi connectivity index (χ0) is 21.3. The molecule has 3 rings (SSSR count). The van der Waals surface area contributed by atoms with Gasteiger partial charge < -0.3 is 9.84 Å². The Labute approximate surface area is 169 Å². The van der Waals surface area contributed by atoms with Crippen molar-refractivity contribution in [2.75, 3.05) is 11.0 Å². The highest BCUT2D eigenvalue weighted by Crippen LogP contribution is 2.26. The molecular formula is C20H24N4O4S. The van der Waals surface area contributed by atoms with Crippen LogP contribution in [0.2, 0.25) is 0 Å². The van der Waals surface area contributed by atoms with Crippen LogP contribution in [-0.2, 0) is 10.0 Å². The lowest BCUT2D eigenvalue weighted by molar-refractivity contribution is 0.0941. The van der Waals surface area contributed by atoms with Crippen LogP contribution in [-0.4, -0.2) is 30.7 Å². The van der Waals surface area contributed by atoms with Crippen LogP contribution >= 0.6 is 0 Å². The number of aromatic nitrogens is 2. The number of pyridine rings is 1. The van der Waals surface area contributed by atoms with E-state index in [1.165, 1.54) is 0 Å². The van der Waals surface area contributed by atoms with Gasteiger partial charge in [-0.25, -0.2) is 13.4 Å². The van der Waals surface area contributed by atoms with Crippen molar-refractivity contribution >= 4 is 32.7 Å². The third-order valence-electron chi connectivity index (χ3n) is 4.51. The van der Waals surface area contributed by atoms with Crippen LogP contribution in [0.1, 0.15) is 60.0 Å². The Morgan fingerprint density at radius 3 is 2.55 bits per heavy atom. The average Bonchev–Trinajstić information content (AvgIpc) is 3.00. The van der Waals surface area contributed by atoms with Gasteiger partial charge in [-0.05, 0) is 43.5 Å². The van der Waals surface area contributed by atoms with E-state index in [-0.39, 0.29) is 17.9 Å². The van der Waals surface area contributed by atoms with E-state index in [0.29, 0.717) is 28.0 Å². The van der Waals surface area contributed by atoms with Gasteiger partial charge in [0.05, 0.1) is 28.9 Å². The second kappa shape index (κ2) is 7.82. The molecule has 0 aliphatic heterocycles. The van der Waals surface area contributed by atoms with Crippen molar-refractivity contribution in [2.45, 2.75) is 39.7 Å². The van der Waals surface area contributed by atoms with Crippen molar-refractivity contribution in [3.63, 3.8) is 0 Å². The first kappa shape index (κ1) is 20.8. The van der Waals surface area contributed by atoms with Crippen molar-refractivity contribution in [3.8, 4) is 0 Å². The lowest BCUT2D eigenvalue weighted by Gasteiger charge is -2.16. The van der Waals surface area contributed by atoms with Crippen molar-refractivity contribution in [2.24, 2.45) is 0 Å². The summed E-state index contributed by atoms with van der Waals surface area (Å²) >= 11 is 0. The normalized spacial score (nSPS) is 12.9. The predicted octanol–water partition coefficient (Wildman–Crippen LogP) is 3.52. The molecule has 29 heavy (non-hydrogen) atoms. The molecule has 3 aromatic rings. The summed E-state index contributed by atoms with van der Waals surface area (Å²) in [7, 11) is -3.38. The Hall–Kier alpha value is -2.94. The molecule has 0 saturated carbocycles. The minimum Gasteiger partial charge on any atom is -0.345 e. The number of anilines is 1. The standard InChI is InChI=1S/C20H24N4O4S/c1-11(2)17-10-16(18-13(4)23-28-20(18)22-17)19(25)21-12(3)14-7-6-8-15(9-14)24-29(5,26)27/h6-12,24H,1-5H3,(H,21,25). The molecule has 0 saturated heterocycles. The molecule has 0 bridgehead atoms. The summed E-state index contributed by atoms with van der Waals surface area (Å²) in [5, 5.41) is 7.49. The maximum absolute atomic E-state index is 13.1.